The summed E-state index contributed by atoms with van der Waals surface area (Å²) in [6.45, 7) is 3.34. The molecule has 33 heavy (non-hydrogen) atoms. The Morgan fingerprint density at radius 2 is 0.879 bits per heavy atom. The Labute approximate surface area is 186 Å². The maximum Gasteiger partial charge on any atom is 0.380 e. The fraction of sp³-hybridized carbons (Fsp3) is 0.259. The quantitative estimate of drug-likeness (QED) is 0.354. The largest absolute Gasteiger partial charge is 0.380 e. The molecule has 0 amide bonds. The highest BCUT2D eigenvalue weighted by molar-refractivity contribution is 6.01. The van der Waals surface area contributed by atoms with E-state index in [1.807, 2.05) is 0 Å². The van der Waals surface area contributed by atoms with Gasteiger partial charge in [-0.3, -0.25) is 0 Å². The molecule has 0 bridgehead atoms. The van der Waals surface area contributed by atoms with Gasteiger partial charge >= 0.3 is 17.8 Å². The van der Waals surface area contributed by atoms with Crippen LogP contribution in [0.4, 0.5) is 26.3 Å². The van der Waals surface area contributed by atoms with Crippen LogP contribution in [0.3, 0.4) is 0 Å². The number of hydrogen-bond acceptors (Lipinski definition) is 0. The second kappa shape index (κ2) is 5.72. The van der Waals surface area contributed by atoms with Crippen molar-refractivity contribution in [2.24, 2.45) is 10.8 Å². The lowest BCUT2D eigenvalue weighted by molar-refractivity contribution is -0.257. The lowest BCUT2D eigenvalue weighted by Crippen LogP contribution is -2.47. The monoisotopic (exact) mass is 456 g/mol. The number of benzene rings is 2. The van der Waals surface area contributed by atoms with Crippen molar-refractivity contribution in [3.63, 3.8) is 0 Å². The van der Waals surface area contributed by atoms with Gasteiger partial charge in [-0.2, -0.15) is 26.3 Å². The summed E-state index contributed by atoms with van der Waals surface area (Å²) in [5, 5.41) is 0. The van der Waals surface area contributed by atoms with Gasteiger partial charge in [-0.05, 0) is 33.4 Å². The fourth-order valence-electron chi connectivity index (χ4n) is 6.02. The molecule has 0 N–H and O–H groups in total. The van der Waals surface area contributed by atoms with Crippen LogP contribution in [0, 0.1) is 10.8 Å². The second-order valence-corrected chi connectivity index (χ2v) is 9.47. The van der Waals surface area contributed by atoms with Crippen LogP contribution in [0.1, 0.15) is 36.1 Å². The van der Waals surface area contributed by atoms with Gasteiger partial charge in [0, 0.05) is 22.0 Å². The van der Waals surface area contributed by atoms with Gasteiger partial charge in [0.15, 0.2) is 0 Å². The minimum atomic E-state index is -5.57. The molecule has 2 aromatic rings. The van der Waals surface area contributed by atoms with Gasteiger partial charge < -0.3 is 0 Å². The van der Waals surface area contributed by atoms with Crippen molar-refractivity contribution in [3.05, 3.63) is 94.1 Å². The molecule has 2 aromatic carbocycles. The van der Waals surface area contributed by atoms with E-state index in [0.29, 0.717) is 11.1 Å². The van der Waals surface area contributed by atoms with Gasteiger partial charge in [0.2, 0.25) is 0 Å². The minimum Gasteiger partial charge on any atom is -0.194 e. The third-order valence-electron chi connectivity index (χ3n) is 7.94. The Hall–Kier alpha value is -3.02. The summed E-state index contributed by atoms with van der Waals surface area (Å²) in [6, 6.07) is 13.0. The number of rotatable bonds is 0. The van der Waals surface area contributed by atoms with Gasteiger partial charge in [-0.15, -0.1) is 0 Å². The molecule has 0 radical (unpaired) electrons. The summed E-state index contributed by atoms with van der Waals surface area (Å²) in [5.41, 5.74) is -3.73. The highest BCUT2D eigenvalue weighted by Crippen LogP contribution is 2.74. The molecule has 168 valence electrons. The van der Waals surface area contributed by atoms with E-state index in [2.05, 4.69) is 0 Å². The molecule has 2 atom stereocenters. The Bertz CT molecular complexity index is 1270. The Balaban J connectivity index is 1.89. The van der Waals surface area contributed by atoms with Crippen LogP contribution in [0.5, 0.6) is 0 Å². The SMILES string of the molecule is CC12C=Cc3ccccc3C1=C1C(=C3c4ccccc4C=CC32C)C(F)(F)C(F)(F)C1(F)F. The first kappa shape index (κ1) is 20.6. The standard InChI is InChI=1S/C27H18F6/c1-23-13-11-15-7-3-5-9-17(15)19(23)21-22(26(30,31)27(32,33)25(21,28)29)20-18-10-6-4-8-16(18)12-14-24(20,23)2/h3-14H,1-2H3. The molecule has 6 heteroatoms. The van der Waals surface area contributed by atoms with Gasteiger partial charge in [-0.1, -0.05) is 86.7 Å². The van der Waals surface area contributed by atoms with E-state index >= 15 is 17.6 Å². The van der Waals surface area contributed by atoms with Crippen molar-refractivity contribution < 1.29 is 26.3 Å². The Kier molecular flexibility index (Phi) is 3.57. The van der Waals surface area contributed by atoms with E-state index in [9.17, 15) is 8.78 Å². The van der Waals surface area contributed by atoms with Crippen molar-refractivity contribution in [2.45, 2.75) is 31.6 Å². The average Bonchev–Trinajstić information content (AvgIpc) is 2.88. The molecule has 0 aromatic heterocycles. The van der Waals surface area contributed by atoms with Crippen LogP contribution >= 0.6 is 0 Å². The van der Waals surface area contributed by atoms with Crippen LogP contribution in [0.25, 0.3) is 23.3 Å². The lowest BCUT2D eigenvalue weighted by atomic mass is 9.48. The number of halogens is 6. The zero-order valence-corrected chi connectivity index (χ0v) is 17.7. The smallest absolute Gasteiger partial charge is 0.194 e. The Morgan fingerprint density at radius 3 is 1.27 bits per heavy atom. The molecule has 0 spiro atoms. The van der Waals surface area contributed by atoms with Gasteiger partial charge in [0.05, 0.1) is 0 Å². The molecule has 4 aliphatic rings. The van der Waals surface area contributed by atoms with Gasteiger partial charge in [0.1, 0.15) is 0 Å². The van der Waals surface area contributed by atoms with E-state index in [4.69, 9.17) is 0 Å². The first-order chi connectivity index (χ1) is 15.4. The number of fused-ring (bicyclic) bond motifs is 8. The fourth-order valence-corrected chi connectivity index (χ4v) is 6.02. The summed E-state index contributed by atoms with van der Waals surface area (Å²) >= 11 is 0. The number of alkyl halides is 6. The van der Waals surface area contributed by atoms with Crippen molar-refractivity contribution in [1.82, 2.24) is 0 Å². The van der Waals surface area contributed by atoms with Crippen LogP contribution < -0.4 is 0 Å². The maximum absolute atomic E-state index is 15.5. The zero-order chi connectivity index (χ0) is 23.6. The molecule has 6 rings (SSSR count). The second-order valence-electron chi connectivity index (χ2n) is 9.47. The predicted molar refractivity (Wildman–Crippen MR) is 116 cm³/mol. The third-order valence-corrected chi connectivity index (χ3v) is 7.94. The summed E-state index contributed by atoms with van der Waals surface area (Å²) in [7, 11) is 0. The maximum atomic E-state index is 15.5. The molecule has 1 fully saturated rings. The van der Waals surface area contributed by atoms with Crippen LogP contribution in [0.2, 0.25) is 0 Å². The normalized spacial score (nSPS) is 31.5. The molecular weight excluding hydrogens is 438 g/mol. The summed E-state index contributed by atoms with van der Waals surface area (Å²) in [4.78, 5) is 0. The molecule has 0 nitrogen and oxygen atoms in total. The minimum absolute atomic E-state index is 0.160. The number of allylic oxidation sites excluding steroid dienone is 6. The summed E-state index contributed by atoms with van der Waals surface area (Å²) in [6.07, 6.45) is 6.89. The van der Waals surface area contributed by atoms with E-state index in [0.717, 1.165) is 0 Å². The van der Waals surface area contributed by atoms with Gasteiger partial charge in [-0.25, -0.2) is 0 Å². The topological polar surface area (TPSA) is 0 Å². The highest BCUT2D eigenvalue weighted by Gasteiger charge is 2.84. The summed E-state index contributed by atoms with van der Waals surface area (Å²) < 4.78 is 91.8. The molecule has 0 aliphatic heterocycles. The molecule has 0 saturated heterocycles. The first-order valence-corrected chi connectivity index (χ1v) is 10.6. The zero-order valence-electron chi connectivity index (χ0n) is 17.7. The average molecular weight is 456 g/mol. The van der Waals surface area contributed by atoms with Crippen LogP contribution in [-0.4, -0.2) is 17.8 Å². The van der Waals surface area contributed by atoms with E-state index in [-0.39, 0.29) is 22.3 Å². The van der Waals surface area contributed by atoms with Gasteiger partial charge in [0.25, 0.3) is 0 Å². The molecule has 4 aliphatic carbocycles. The van der Waals surface area contributed by atoms with Crippen molar-refractivity contribution in [1.29, 1.82) is 0 Å². The molecule has 2 unspecified atom stereocenters. The number of hydrogen-bond donors (Lipinski definition) is 0. The van der Waals surface area contributed by atoms with Crippen molar-refractivity contribution >= 4 is 23.3 Å². The van der Waals surface area contributed by atoms with Crippen LogP contribution in [0.15, 0.2) is 71.8 Å². The predicted octanol–water partition coefficient (Wildman–Crippen LogP) is 7.89. The van der Waals surface area contributed by atoms with E-state index in [1.165, 1.54) is 12.1 Å². The molecule has 1 saturated carbocycles. The van der Waals surface area contributed by atoms with Crippen LogP contribution in [-0.2, 0) is 0 Å². The first-order valence-electron chi connectivity index (χ1n) is 10.6. The lowest BCUT2D eigenvalue weighted by Gasteiger charge is -2.53. The summed E-state index contributed by atoms with van der Waals surface area (Å²) in [5.74, 6) is -15.7. The van der Waals surface area contributed by atoms with Crippen molar-refractivity contribution in [2.75, 3.05) is 0 Å². The van der Waals surface area contributed by atoms with E-state index < -0.39 is 39.7 Å². The molecular formula is C27H18F6. The molecule has 0 heterocycles. The third kappa shape index (κ3) is 2.03. The Morgan fingerprint density at radius 1 is 0.515 bits per heavy atom. The van der Waals surface area contributed by atoms with Crippen molar-refractivity contribution in [3.8, 4) is 0 Å². The van der Waals surface area contributed by atoms with E-state index in [1.54, 1.807) is 74.5 Å². The highest BCUT2D eigenvalue weighted by atomic mass is 19.3.